The molecule has 0 atom stereocenters. The highest BCUT2D eigenvalue weighted by molar-refractivity contribution is 5.86. The quantitative estimate of drug-likeness (QED) is 0.413. The highest BCUT2D eigenvalue weighted by Crippen LogP contribution is 1.95. The van der Waals surface area contributed by atoms with E-state index in [1.54, 1.807) is 13.8 Å². The second kappa shape index (κ2) is 3.28. The molecular weight excluding hydrogens is 116 g/mol. The van der Waals surface area contributed by atoms with Gasteiger partial charge in [-0.1, -0.05) is 6.58 Å². The average Bonchev–Trinajstić information content (AvgIpc) is 1.63. The molecule has 0 saturated carbocycles. The molecule has 0 aliphatic heterocycles. The summed E-state index contributed by atoms with van der Waals surface area (Å²) in [4.78, 5) is 10.6. The zero-order valence-corrected chi connectivity index (χ0v) is 5.97. The van der Waals surface area contributed by atoms with E-state index in [0.29, 0.717) is 0 Å². The fraction of sp³-hybridized carbons (Fsp3) is 0.571. The molecule has 2 heteroatoms. The Kier molecular flexibility index (Phi) is 2.99. The lowest BCUT2D eigenvalue weighted by Crippen LogP contribution is -2.11. The van der Waals surface area contributed by atoms with Crippen molar-refractivity contribution in [1.82, 2.24) is 0 Å². The van der Waals surface area contributed by atoms with E-state index in [1.807, 2.05) is 0 Å². The summed E-state index contributed by atoms with van der Waals surface area (Å²) in [5.41, 5.74) is 0.198. The lowest BCUT2D eigenvalue weighted by atomic mass is 10.3. The Labute approximate surface area is 55.5 Å². The molecule has 0 saturated heterocycles. The molecule has 0 rings (SSSR count). The lowest BCUT2D eigenvalue weighted by molar-refractivity contribution is -0.142. The Morgan fingerprint density at radius 2 is 2.00 bits per heavy atom. The lowest BCUT2D eigenvalue weighted by Gasteiger charge is -2.05. The van der Waals surface area contributed by atoms with Crippen LogP contribution < -0.4 is 0 Å². The van der Waals surface area contributed by atoms with Gasteiger partial charge in [0, 0.05) is 5.57 Å². The molecule has 2 nitrogen and oxygen atoms in total. The van der Waals surface area contributed by atoms with E-state index >= 15 is 0 Å². The molecule has 0 fully saturated rings. The van der Waals surface area contributed by atoms with Gasteiger partial charge in [-0.05, 0) is 20.8 Å². The summed E-state index contributed by atoms with van der Waals surface area (Å²) in [6.07, 6.45) is -0.0870. The molecule has 51 valence electrons. The molecule has 0 heterocycles. The van der Waals surface area contributed by atoms with Crippen LogP contribution in [-0.2, 0) is 9.53 Å². The summed E-state index contributed by atoms with van der Waals surface area (Å²) in [5, 5.41) is 0. The SMILES string of the molecule is [CH]=C(C)C(=O)OC(C)C. The van der Waals surface area contributed by atoms with Gasteiger partial charge in [0.15, 0.2) is 0 Å². The molecule has 0 aromatic heterocycles. The van der Waals surface area contributed by atoms with E-state index in [1.165, 1.54) is 6.92 Å². The summed E-state index contributed by atoms with van der Waals surface area (Å²) >= 11 is 0. The number of ether oxygens (including phenoxy) is 1. The largest absolute Gasteiger partial charge is 0.460 e. The molecular formula is C7H11O2. The van der Waals surface area contributed by atoms with Crippen molar-refractivity contribution in [3.05, 3.63) is 12.2 Å². The first-order valence-corrected chi connectivity index (χ1v) is 2.84. The van der Waals surface area contributed by atoms with Crippen molar-refractivity contribution in [3.8, 4) is 0 Å². The van der Waals surface area contributed by atoms with Crippen molar-refractivity contribution in [3.63, 3.8) is 0 Å². The minimum absolute atomic E-state index is 0.0870. The van der Waals surface area contributed by atoms with E-state index in [2.05, 4.69) is 0 Å². The minimum atomic E-state index is -0.426. The molecule has 1 radical (unpaired) electrons. The molecule has 0 aromatic carbocycles. The van der Waals surface area contributed by atoms with E-state index in [-0.39, 0.29) is 11.7 Å². The second-order valence-electron chi connectivity index (χ2n) is 2.14. The molecule has 0 aliphatic carbocycles. The summed E-state index contributed by atoms with van der Waals surface area (Å²) < 4.78 is 4.71. The second-order valence-corrected chi connectivity index (χ2v) is 2.14. The van der Waals surface area contributed by atoms with Gasteiger partial charge in [0.1, 0.15) is 0 Å². The van der Waals surface area contributed by atoms with Gasteiger partial charge >= 0.3 is 5.97 Å². The predicted octanol–water partition coefficient (Wildman–Crippen LogP) is 1.32. The maximum atomic E-state index is 10.6. The van der Waals surface area contributed by atoms with E-state index in [9.17, 15) is 4.79 Å². The summed E-state index contributed by atoms with van der Waals surface area (Å²) in [5.74, 6) is -0.426. The normalized spacial score (nSPS) is 9.33. The van der Waals surface area contributed by atoms with Crippen LogP contribution in [0.1, 0.15) is 20.8 Å². The monoisotopic (exact) mass is 127 g/mol. The topological polar surface area (TPSA) is 26.3 Å². The van der Waals surface area contributed by atoms with E-state index in [0.717, 1.165) is 0 Å². The number of hydrogen-bond donors (Lipinski definition) is 0. The minimum Gasteiger partial charge on any atom is -0.460 e. The average molecular weight is 127 g/mol. The van der Waals surface area contributed by atoms with Crippen LogP contribution in [0.25, 0.3) is 0 Å². The van der Waals surface area contributed by atoms with E-state index < -0.39 is 5.97 Å². The van der Waals surface area contributed by atoms with E-state index in [4.69, 9.17) is 11.3 Å². The van der Waals surface area contributed by atoms with Gasteiger partial charge in [-0.15, -0.1) is 0 Å². The molecule has 0 aliphatic rings. The molecule has 0 amide bonds. The number of hydrogen-bond acceptors (Lipinski definition) is 2. The van der Waals surface area contributed by atoms with Gasteiger partial charge in [0.25, 0.3) is 0 Å². The van der Waals surface area contributed by atoms with Crippen molar-refractivity contribution in [2.45, 2.75) is 26.9 Å². The third kappa shape index (κ3) is 3.76. The number of carbonyl (C=O) groups is 1. The first kappa shape index (κ1) is 8.21. The highest BCUT2D eigenvalue weighted by Gasteiger charge is 2.03. The van der Waals surface area contributed by atoms with Crippen molar-refractivity contribution in [2.75, 3.05) is 0 Å². The first-order valence-electron chi connectivity index (χ1n) is 2.84. The predicted molar refractivity (Wildman–Crippen MR) is 34.7 cm³/mol. The van der Waals surface area contributed by atoms with Crippen LogP contribution in [0.2, 0.25) is 0 Å². The van der Waals surface area contributed by atoms with Gasteiger partial charge in [-0.2, -0.15) is 0 Å². The first-order chi connectivity index (χ1) is 4.04. The Morgan fingerprint density at radius 3 is 2.11 bits per heavy atom. The highest BCUT2D eigenvalue weighted by atomic mass is 16.5. The third-order valence-corrected chi connectivity index (χ3v) is 0.665. The maximum absolute atomic E-state index is 10.6. The number of rotatable bonds is 2. The summed E-state index contributed by atoms with van der Waals surface area (Å²) in [6, 6.07) is 0. The van der Waals surface area contributed by atoms with Crippen LogP contribution >= 0.6 is 0 Å². The molecule has 0 unspecified atom stereocenters. The molecule has 0 bridgehead atoms. The number of esters is 1. The van der Waals surface area contributed by atoms with Gasteiger partial charge in [0.05, 0.1) is 6.10 Å². The standard InChI is InChI=1S/C7H11O2/c1-5(2)7(8)9-6(3)4/h1,6H,2-4H3. The molecule has 0 aromatic rings. The van der Waals surface area contributed by atoms with Gasteiger partial charge < -0.3 is 4.74 Å². The molecule has 9 heavy (non-hydrogen) atoms. The Bertz CT molecular complexity index is 125. The van der Waals surface area contributed by atoms with Gasteiger partial charge in [0.2, 0.25) is 0 Å². The smallest absolute Gasteiger partial charge is 0.333 e. The fourth-order valence-electron chi connectivity index (χ4n) is 0.307. The van der Waals surface area contributed by atoms with Crippen LogP contribution in [0, 0.1) is 6.58 Å². The Morgan fingerprint density at radius 1 is 1.56 bits per heavy atom. The van der Waals surface area contributed by atoms with Crippen LogP contribution in [0.5, 0.6) is 0 Å². The van der Waals surface area contributed by atoms with Crippen molar-refractivity contribution in [1.29, 1.82) is 0 Å². The van der Waals surface area contributed by atoms with Crippen molar-refractivity contribution >= 4 is 5.97 Å². The molecule has 0 N–H and O–H groups in total. The van der Waals surface area contributed by atoms with Crippen molar-refractivity contribution in [2.24, 2.45) is 0 Å². The van der Waals surface area contributed by atoms with Crippen LogP contribution in [0.15, 0.2) is 5.57 Å². The zero-order valence-electron chi connectivity index (χ0n) is 5.97. The maximum Gasteiger partial charge on any atom is 0.333 e. The summed E-state index contributed by atoms with van der Waals surface area (Å²) in [6.45, 7) is 10.2. The Hall–Kier alpha value is -0.790. The summed E-state index contributed by atoms with van der Waals surface area (Å²) in [7, 11) is 0. The number of carbonyl (C=O) groups excluding carboxylic acids is 1. The van der Waals surface area contributed by atoms with Crippen molar-refractivity contribution < 1.29 is 9.53 Å². The molecule has 0 spiro atoms. The third-order valence-electron chi connectivity index (χ3n) is 0.665. The Balaban J connectivity index is 3.65. The van der Waals surface area contributed by atoms with Gasteiger partial charge in [-0.3, -0.25) is 0 Å². The van der Waals surface area contributed by atoms with Crippen LogP contribution in [0.3, 0.4) is 0 Å². The zero-order chi connectivity index (χ0) is 7.44. The fourth-order valence-corrected chi connectivity index (χ4v) is 0.307. The van der Waals surface area contributed by atoms with Crippen LogP contribution in [-0.4, -0.2) is 12.1 Å². The van der Waals surface area contributed by atoms with Crippen LogP contribution in [0.4, 0.5) is 0 Å². The van der Waals surface area contributed by atoms with Gasteiger partial charge in [-0.25, -0.2) is 4.79 Å².